The standard InChI is InChI=1S/C12H16FN/c1-9-6-11(9)8-14-7-10-4-2-3-5-12(10)13/h2-5,9,11,14H,6-8H2,1H3. The van der Waals surface area contributed by atoms with E-state index in [-0.39, 0.29) is 5.82 Å². The quantitative estimate of drug-likeness (QED) is 0.775. The van der Waals surface area contributed by atoms with E-state index in [4.69, 9.17) is 0 Å². The van der Waals surface area contributed by atoms with Crippen LogP contribution >= 0.6 is 0 Å². The molecule has 0 saturated heterocycles. The number of benzene rings is 1. The third-order valence-electron chi connectivity index (χ3n) is 2.96. The minimum absolute atomic E-state index is 0.108. The number of hydrogen-bond donors (Lipinski definition) is 1. The van der Waals surface area contributed by atoms with E-state index in [1.807, 2.05) is 12.1 Å². The van der Waals surface area contributed by atoms with Crippen LogP contribution in [0.1, 0.15) is 18.9 Å². The van der Waals surface area contributed by atoms with Crippen LogP contribution in [0.25, 0.3) is 0 Å². The van der Waals surface area contributed by atoms with Gasteiger partial charge >= 0.3 is 0 Å². The van der Waals surface area contributed by atoms with Crippen molar-refractivity contribution < 1.29 is 4.39 Å². The monoisotopic (exact) mass is 193 g/mol. The average Bonchev–Trinajstić information content (AvgIpc) is 2.86. The van der Waals surface area contributed by atoms with E-state index in [1.54, 1.807) is 6.07 Å². The van der Waals surface area contributed by atoms with E-state index < -0.39 is 0 Å². The molecule has 76 valence electrons. The molecule has 1 aromatic carbocycles. The molecule has 1 saturated carbocycles. The molecule has 0 aliphatic heterocycles. The Bertz CT molecular complexity index is 311. The van der Waals surface area contributed by atoms with Gasteiger partial charge in [0.2, 0.25) is 0 Å². The molecular weight excluding hydrogens is 177 g/mol. The molecule has 2 atom stereocenters. The summed E-state index contributed by atoms with van der Waals surface area (Å²) in [5.41, 5.74) is 0.765. The number of rotatable bonds is 4. The van der Waals surface area contributed by atoms with Gasteiger partial charge in [0.25, 0.3) is 0 Å². The Hall–Kier alpha value is -0.890. The topological polar surface area (TPSA) is 12.0 Å². The van der Waals surface area contributed by atoms with Gasteiger partial charge in [-0.3, -0.25) is 0 Å². The molecule has 1 fully saturated rings. The fourth-order valence-corrected chi connectivity index (χ4v) is 1.72. The largest absolute Gasteiger partial charge is 0.312 e. The van der Waals surface area contributed by atoms with Crippen LogP contribution < -0.4 is 5.32 Å². The summed E-state index contributed by atoms with van der Waals surface area (Å²) in [4.78, 5) is 0. The van der Waals surface area contributed by atoms with E-state index in [0.29, 0.717) is 6.54 Å². The summed E-state index contributed by atoms with van der Waals surface area (Å²) < 4.78 is 13.2. The van der Waals surface area contributed by atoms with Crippen LogP contribution in [0.5, 0.6) is 0 Å². The Labute approximate surface area is 84.3 Å². The smallest absolute Gasteiger partial charge is 0.127 e. The minimum atomic E-state index is -0.108. The van der Waals surface area contributed by atoms with Gasteiger partial charge in [-0.15, -0.1) is 0 Å². The zero-order valence-electron chi connectivity index (χ0n) is 8.46. The highest BCUT2D eigenvalue weighted by Gasteiger charge is 2.31. The molecule has 0 radical (unpaired) electrons. The molecule has 0 amide bonds. The highest BCUT2D eigenvalue weighted by molar-refractivity contribution is 5.16. The molecule has 2 rings (SSSR count). The molecule has 2 heteroatoms. The van der Waals surface area contributed by atoms with Crippen molar-refractivity contribution in [2.24, 2.45) is 11.8 Å². The lowest BCUT2D eigenvalue weighted by Crippen LogP contribution is -2.17. The van der Waals surface area contributed by atoms with Crippen LogP contribution in [0.4, 0.5) is 4.39 Å². The Morgan fingerprint density at radius 1 is 1.43 bits per heavy atom. The summed E-state index contributed by atoms with van der Waals surface area (Å²) in [6.45, 7) is 3.93. The fraction of sp³-hybridized carbons (Fsp3) is 0.500. The number of nitrogens with one attached hydrogen (secondary N) is 1. The van der Waals surface area contributed by atoms with Crippen LogP contribution in [0.3, 0.4) is 0 Å². The Kier molecular flexibility index (Phi) is 2.82. The maximum Gasteiger partial charge on any atom is 0.127 e. The summed E-state index contributed by atoms with van der Waals surface area (Å²) >= 11 is 0. The van der Waals surface area contributed by atoms with Crippen molar-refractivity contribution in [1.29, 1.82) is 0 Å². The van der Waals surface area contributed by atoms with Crippen molar-refractivity contribution >= 4 is 0 Å². The molecule has 1 N–H and O–H groups in total. The van der Waals surface area contributed by atoms with Gasteiger partial charge in [0.15, 0.2) is 0 Å². The Morgan fingerprint density at radius 2 is 2.14 bits per heavy atom. The van der Waals surface area contributed by atoms with Crippen LogP contribution in [0.2, 0.25) is 0 Å². The molecule has 1 nitrogen and oxygen atoms in total. The first kappa shape index (κ1) is 9.66. The van der Waals surface area contributed by atoms with E-state index in [9.17, 15) is 4.39 Å². The molecule has 0 heterocycles. The van der Waals surface area contributed by atoms with Gasteiger partial charge in [-0.2, -0.15) is 0 Å². The SMILES string of the molecule is CC1CC1CNCc1ccccc1F. The van der Waals surface area contributed by atoms with Gasteiger partial charge < -0.3 is 5.32 Å². The highest BCUT2D eigenvalue weighted by atomic mass is 19.1. The lowest BCUT2D eigenvalue weighted by molar-refractivity contribution is 0.569. The third kappa shape index (κ3) is 2.32. The van der Waals surface area contributed by atoms with E-state index >= 15 is 0 Å². The molecule has 0 spiro atoms. The highest BCUT2D eigenvalue weighted by Crippen LogP contribution is 2.36. The lowest BCUT2D eigenvalue weighted by Gasteiger charge is -2.04. The minimum Gasteiger partial charge on any atom is -0.312 e. The molecule has 0 bridgehead atoms. The fourth-order valence-electron chi connectivity index (χ4n) is 1.72. The summed E-state index contributed by atoms with van der Waals surface area (Å²) in [7, 11) is 0. The zero-order chi connectivity index (χ0) is 9.97. The first-order valence-corrected chi connectivity index (χ1v) is 5.21. The summed E-state index contributed by atoms with van der Waals surface area (Å²) in [5, 5.41) is 3.29. The summed E-state index contributed by atoms with van der Waals surface area (Å²) in [5.74, 6) is 1.58. The van der Waals surface area contributed by atoms with Crippen molar-refractivity contribution in [3.63, 3.8) is 0 Å². The van der Waals surface area contributed by atoms with Crippen LogP contribution in [-0.4, -0.2) is 6.54 Å². The number of halogens is 1. The van der Waals surface area contributed by atoms with Gasteiger partial charge in [0, 0.05) is 12.1 Å². The molecule has 1 aliphatic carbocycles. The second kappa shape index (κ2) is 4.09. The van der Waals surface area contributed by atoms with Gasteiger partial charge in [-0.1, -0.05) is 25.1 Å². The van der Waals surface area contributed by atoms with E-state index in [0.717, 1.165) is 23.9 Å². The van der Waals surface area contributed by atoms with Crippen molar-refractivity contribution in [2.75, 3.05) is 6.54 Å². The molecule has 0 aromatic heterocycles. The molecule has 1 aromatic rings. The van der Waals surface area contributed by atoms with Gasteiger partial charge in [-0.05, 0) is 30.9 Å². The molecule has 1 aliphatic rings. The van der Waals surface area contributed by atoms with Crippen LogP contribution in [-0.2, 0) is 6.54 Å². The molecule has 14 heavy (non-hydrogen) atoms. The van der Waals surface area contributed by atoms with E-state index in [1.165, 1.54) is 12.5 Å². The molecular formula is C12H16FN. The Balaban J connectivity index is 1.77. The van der Waals surface area contributed by atoms with Crippen molar-refractivity contribution in [2.45, 2.75) is 19.9 Å². The zero-order valence-corrected chi connectivity index (χ0v) is 8.46. The summed E-state index contributed by atoms with van der Waals surface area (Å²) in [6, 6.07) is 6.94. The average molecular weight is 193 g/mol. The predicted molar refractivity (Wildman–Crippen MR) is 55.4 cm³/mol. The van der Waals surface area contributed by atoms with Crippen LogP contribution in [0, 0.1) is 17.7 Å². The van der Waals surface area contributed by atoms with Crippen LogP contribution in [0.15, 0.2) is 24.3 Å². The normalized spacial score (nSPS) is 25.0. The van der Waals surface area contributed by atoms with E-state index in [2.05, 4.69) is 12.2 Å². The first-order chi connectivity index (χ1) is 6.77. The summed E-state index contributed by atoms with van der Waals surface area (Å²) in [6.07, 6.45) is 1.32. The predicted octanol–water partition coefficient (Wildman–Crippen LogP) is 2.57. The van der Waals surface area contributed by atoms with Gasteiger partial charge in [-0.25, -0.2) is 4.39 Å². The van der Waals surface area contributed by atoms with Crippen molar-refractivity contribution in [1.82, 2.24) is 5.32 Å². The first-order valence-electron chi connectivity index (χ1n) is 5.21. The van der Waals surface area contributed by atoms with Gasteiger partial charge in [0.05, 0.1) is 0 Å². The van der Waals surface area contributed by atoms with Crippen molar-refractivity contribution in [3.8, 4) is 0 Å². The third-order valence-corrected chi connectivity index (χ3v) is 2.96. The number of hydrogen-bond acceptors (Lipinski definition) is 1. The van der Waals surface area contributed by atoms with Gasteiger partial charge in [0.1, 0.15) is 5.82 Å². The Morgan fingerprint density at radius 3 is 2.79 bits per heavy atom. The van der Waals surface area contributed by atoms with Crippen molar-refractivity contribution in [3.05, 3.63) is 35.6 Å². The maximum atomic E-state index is 13.2. The molecule has 2 unspecified atom stereocenters. The second-order valence-corrected chi connectivity index (χ2v) is 4.20. The second-order valence-electron chi connectivity index (χ2n) is 4.20. The lowest BCUT2D eigenvalue weighted by atomic mass is 10.2. The maximum absolute atomic E-state index is 13.2.